The van der Waals surface area contributed by atoms with Crippen molar-refractivity contribution in [2.24, 2.45) is 5.10 Å². The Morgan fingerprint density at radius 2 is 1.81 bits per heavy atom. The summed E-state index contributed by atoms with van der Waals surface area (Å²) in [6.07, 6.45) is 1.60. The van der Waals surface area contributed by atoms with Gasteiger partial charge in [-0.3, -0.25) is 4.79 Å². The zero-order valence-electron chi connectivity index (χ0n) is 14.7. The molecule has 0 saturated carbocycles. The van der Waals surface area contributed by atoms with Gasteiger partial charge in [-0.05, 0) is 30.7 Å². The summed E-state index contributed by atoms with van der Waals surface area (Å²) >= 11 is 0. The Balaban J connectivity index is 1.63. The molecule has 0 spiro atoms. The van der Waals surface area contributed by atoms with Gasteiger partial charge in [-0.25, -0.2) is 10.2 Å². The normalized spacial score (nSPS) is 10.9. The number of hydrogen-bond donors (Lipinski definition) is 2. The number of hydrogen-bond acceptors (Lipinski definition) is 4. The highest BCUT2D eigenvalue weighted by Gasteiger charge is 2.13. The largest absolute Gasteiger partial charge is 0.478 e. The van der Waals surface area contributed by atoms with E-state index in [0.29, 0.717) is 17.1 Å². The Hall–Kier alpha value is -3.67. The lowest BCUT2D eigenvalue weighted by Crippen LogP contribution is -2.19. The second-order valence-electron chi connectivity index (χ2n) is 6.01. The van der Waals surface area contributed by atoms with E-state index < -0.39 is 5.97 Å². The second kappa shape index (κ2) is 8.14. The first kappa shape index (κ1) is 18.1. The Bertz CT molecular complexity index is 987. The number of carbonyl (C=O) groups excluding carboxylic acids is 1. The van der Waals surface area contributed by atoms with Gasteiger partial charge in [0.1, 0.15) is 11.5 Å². The number of nitrogens with one attached hydrogen (secondary N) is 1. The Labute approximate surface area is 156 Å². The second-order valence-corrected chi connectivity index (χ2v) is 6.01. The van der Waals surface area contributed by atoms with Crippen LogP contribution in [0.3, 0.4) is 0 Å². The Morgan fingerprint density at radius 1 is 1.07 bits per heavy atom. The maximum absolute atomic E-state index is 11.9. The van der Waals surface area contributed by atoms with E-state index in [1.807, 2.05) is 31.2 Å². The SMILES string of the molecule is Cc1ccc(CC(=O)N/N=C\c2ccc(-c3ccccc3C(=O)O)o2)cc1. The number of carboxylic acid groups (broad SMARTS) is 1. The number of rotatable bonds is 6. The van der Waals surface area contributed by atoms with Crippen LogP contribution in [0.5, 0.6) is 0 Å². The maximum atomic E-state index is 11.9. The van der Waals surface area contributed by atoms with E-state index in [1.54, 1.807) is 30.3 Å². The number of carboxylic acids is 1. The van der Waals surface area contributed by atoms with E-state index in [-0.39, 0.29) is 17.9 Å². The van der Waals surface area contributed by atoms with Crippen LogP contribution in [0, 0.1) is 6.92 Å². The van der Waals surface area contributed by atoms with Gasteiger partial charge < -0.3 is 9.52 Å². The summed E-state index contributed by atoms with van der Waals surface area (Å²) in [7, 11) is 0. The molecule has 0 bridgehead atoms. The summed E-state index contributed by atoms with van der Waals surface area (Å²) < 4.78 is 5.61. The first-order valence-electron chi connectivity index (χ1n) is 8.33. The van der Waals surface area contributed by atoms with Crippen LogP contribution in [-0.2, 0) is 11.2 Å². The number of amides is 1. The van der Waals surface area contributed by atoms with Crippen molar-refractivity contribution in [2.45, 2.75) is 13.3 Å². The van der Waals surface area contributed by atoms with E-state index in [1.165, 1.54) is 12.3 Å². The zero-order chi connectivity index (χ0) is 19.2. The summed E-state index contributed by atoms with van der Waals surface area (Å²) in [4.78, 5) is 23.2. The van der Waals surface area contributed by atoms with Crippen molar-refractivity contribution in [3.05, 3.63) is 83.1 Å². The quantitative estimate of drug-likeness (QED) is 0.517. The Kier molecular flexibility index (Phi) is 5.47. The lowest BCUT2D eigenvalue weighted by molar-refractivity contribution is -0.120. The molecule has 0 radical (unpaired) electrons. The maximum Gasteiger partial charge on any atom is 0.336 e. The molecule has 3 aromatic rings. The number of hydrazone groups is 1. The third kappa shape index (κ3) is 4.70. The number of nitrogens with zero attached hydrogens (tertiary/aromatic N) is 1. The molecule has 0 saturated heterocycles. The van der Waals surface area contributed by atoms with Crippen LogP contribution in [0.1, 0.15) is 27.2 Å². The van der Waals surface area contributed by atoms with Gasteiger partial charge in [0.05, 0.1) is 18.2 Å². The molecule has 1 amide bonds. The molecule has 1 heterocycles. The highest BCUT2D eigenvalue weighted by atomic mass is 16.4. The number of aromatic carboxylic acids is 1. The van der Waals surface area contributed by atoms with Crippen molar-refractivity contribution in [2.75, 3.05) is 0 Å². The van der Waals surface area contributed by atoms with E-state index in [0.717, 1.165) is 11.1 Å². The van der Waals surface area contributed by atoms with Gasteiger partial charge in [0.15, 0.2) is 0 Å². The average molecular weight is 362 g/mol. The van der Waals surface area contributed by atoms with Crippen molar-refractivity contribution >= 4 is 18.1 Å². The number of furan rings is 1. The van der Waals surface area contributed by atoms with E-state index in [9.17, 15) is 14.7 Å². The molecule has 6 heteroatoms. The third-order valence-corrected chi connectivity index (χ3v) is 3.92. The fourth-order valence-electron chi connectivity index (χ4n) is 2.55. The molecule has 3 rings (SSSR count). The van der Waals surface area contributed by atoms with E-state index in [4.69, 9.17) is 4.42 Å². The summed E-state index contributed by atoms with van der Waals surface area (Å²) in [6, 6.07) is 17.6. The van der Waals surface area contributed by atoms with Crippen molar-refractivity contribution in [3.63, 3.8) is 0 Å². The zero-order valence-corrected chi connectivity index (χ0v) is 14.7. The lowest BCUT2D eigenvalue weighted by Gasteiger charge is -2.02. The molecule has 1 aromatic heterocycles. The molecule has 0 atom stereocenters. The molecule has 0 aliphatic heterocycles. The summed E-state index contributed by atoms with van der Waals surface area (Å²) in [6.45, 7) is 1.99. The molecule has 136 valence electrons. The van der Waals surface area contributed by atoms with Crippen LogP contribution < -0.4 is 5.43 Å². The number of benzene rings is 2. The predicted octanol–water partition coefficient (Wildman–Crippen LogP) is 3.65. The predicted molar refractivity (Wildman–Crippen MR) is 102 cm³/mol. The van der Waals surface area contributed by atoms with Crippen molar-refractivity contribution in [3.8, 4) is 11.3 Å². The smallest absolute Gasteiger partial charge is 0.336 e. The van der Waals surface area contributed by atoms with Crippen molar-refractivity contribution in [1.82, 2.24) is 5.43 Å². The monoisotopic (exact) mass is 362 g/mol. The average Bonchev–Trinajstić information content (AvgIpc) is 3.12. The summed E-state index contributed by atoms with van der Waals surface area (Å²) in [5.41, 5.74) is 5.12. The van der Waals surface area contributed by atoms with Gasteiger partial charge in [-0.2, -0.15) is 5.10 Å². The van der Waals surface area contributed by atoms with Gasteiger partial charge in [-0.15, -0.1) is 0 Å². The number of carbonyl (C=O) groups is 2. The van der Waals surface area contributed by atoms with Crippen LogP contribution in [0.25, 0.3) is 11.3 Å². The van der Waals surface area contributed by atoms with E-state index >= 15 is 0 Å². The lowest BCUT2D eigenvalue weighted by atomic mass is 10.1. The van der Waals surface area contributed by atoms with Gasteiger partial charge in [0.2, 0.25) is 5.91 Å². The molecule has 0 unspecified atom stereocenters. The molecule has 6 nitrogen and oxygen atoms in total. The van der Waals surface area contributed by atoms with Gasteiger partial charge in [0, 0.05) is 5.56 Å². The summed E-state index contributed by atoms with van der Waals surface area (Å²) in [5.74, 6) is -0.444. The van der Waals surface area contributed by atoms with Crippen LogP contribution in [0.4, 0.5) is 0 Å². The molecular weight excluding hydrogens is 344 g/mol. The van der Waals surface area contributed by atoms with Gasteiger partial charge >= 0.3 is 5.97 Å². The summed E-state index contributed by atoms with van der Waals surface area (Å²) in [5, 5.41) is 13.1. The highest BCUT2D eigenvalue weighted by molar-refractivity contribution is 5.95. The molecule has 0 fully saturated rings. The fourth-order valence-corrected chi connectivity index (χ4v) is 2.55. The first-order valence-corrected chi connectivity index (χ1v) is 8.33. The minimum Gasteiger partial charge on any atom is -0.478 e. The van der Waals surface area contributed by atoms with Crippen LogP contribution in [0.2, 0.25) is 0 Å². The molecule has 2 aromatic carbocycles. The Morgan fingerprint density at radius 3 is 2.56 bits per heavy atom. The third-order valence-electron chi connectivity index (χ3n) is 3.92. The molecule has 2 N–H and O–H groups in total. The van der Waals surface area contributed by atoms with Crippen LogP contribution in [-0.4, -0.2) is 23.2 Å². The van der Waals surface area contributed by atoms with Crippen molar-refractivity contribution in [1.29, 1.82) is 0 Å². The van der Waals surface area contributed by atoms with Crippen LogP contribution >= 0.6 is 0 Å². The molecule has 0 aliphatic carbocycles. The van der Waals surface area contributed by atoms with Gasteiger partial charge in [-0.1, -0.05) is 48.0 Å². The first-order chi connectivity index (χ1) is 13.0. The van der Waals surface area contributed by atoms with Crippen LogP contribution in [0.15, 0.2) is 70.2 Å². The molecular formula is C21H18N2O4. The minimum absolute atomic E-state index is 0.154. The molecule has 27 heavy (non-hydrogen) atoms. The molecule has 0 aliphatic rings. The fraction of sp³-hybridized carbons (Fsp3) is 0.0952. The minimum atomic E-state index is -1.03. The number of aryl methyl sites for hydroxylation is 1. The van der Waals surface area contributed by atoms with Gasteiger partial charge in [0.25, 0.3) is 0 Å². The van der Waals surface area contributed by atoms with E-state index in [2.05, 4.69) is 10.5 Å². The standard InChI is InChI=1S/C21H18N2O4/c1-14-6-8-15(9-7-14)12-20(24)23-22-13-16-10-11-19(27-16)17-4-2-3-5-18(17)21(25)26/h2-11,13H,12H2,1H3,(H,23,24)(H,25,26)/b22-13-. The van der Waals surface area contributed by atoms with Crippen molar-refractivity contribution < 1.29 is 19.1 Å². The topological polar surface area (TPSA) is 91.9 Å². The highest BCUT2D eigenvalue weighted by Crippen LogP contribution is 2.25.